The van der Waals surface area contributed by atoms with Crippen LogP contribution in [-0.4, -0.2) is 28.5 Å². The molecule has 0 aliphatic rings. The summed E-state index contributed by atoms with van der Waals surface area (Å²) < 4.78 is 8.48. The van der Waals surface area contributed by atoms with Crippen LogP contribution in [0.5, 0.6) is 5.75 Å². The number of ether oxygens (including phenoxy) is 1. The fourth-order valence-electron chi connectivity index (χ4n) is 2.49. The molecule has 1 amide bonds. The molecule has 0 saturated carbocycles. The first-order chi connectivity index (χ1) is 13.5. The Kier molecular flexibility index (Phi) is 6.64. The molecule has 0 atom stereocenters. The molecule has 0 unspecified atom stereocenters. The summed E-state index contributed by atoms with van der Waals surface area (Å²) in [6, 6.07) is 15.4. The second kappa shape index (κ2) is 9.16. The minimum atomic E-state index is -0.380. The van der Waals surface area contributed by atoms with Crippen LogP contribution in [0.3, 0.4) is 0 Å². The average Bonchev–Trinajstić information content (AvgIpc) is 3.07. The van der Waals surface area contributed by atoms with Crippen LogP contribution in [0, 0.1) is 0 Å². The smallest absolute Gasteiger partial charge is 0.293 e. The molecule has 0 aliphatic heterocycles. The van der Waals surface area contributed by atoms with Gasteiger partial charge in [-0.1, -0.05) is 28.1 Å². The van der Waals surface area contributed by atoms with Crippen LogP contribution < -0.4 is 10.2 Å². The fraction of sp³-hybridized carbons (Fsp3) is 0.150. The van der Waals surface area contributed by atoms with Crippen molar-refractivity contribution in [3.8, 4) is 5.75 Å². The van der Waals surface area contributed by atoms with Gasteiger partial charge < -0.3 is 4.74 Å². The summed E-state index contributed by atoms with van der Waals surface area (Å²) in [6.07, 6.45) is 1.77. The number of halogens is 2. The highest BCUT2D eigenvalue weighted by molar-refractivity contribution is 9.10. The molecule has 3 rings (SSSR count). The van der Waals surface area contributed by atoms with Gasteiger partial charge in [-0.3, -0.25) is 9.48 Å². The third-order valence-electron chi connectivity index (χ3n) is 4.02. The van der Waals surface area contributed by atoms with Gasteiger partial charge in [0.2, 0.25) is 0 Å². The molecule has 0 radical (unpaired) electrons. The summed E-state index contributed by atoms with van der Waals surface area (Å²) in [5.41, 5.74) is 5.49. The summed E-state index contributed by atoms with van der Waals surface area (Å²) in [5.74, 6) is 0.384. The normalized spacial score (nSPS) is 11.4. The fourth-order valence-corrected chi connectivity index (χ4v) is 3.25. The Morgan fingerprint density at radius 1 is 1.14 bits per heavy atom. The molecule has 3 aromatic rings. The highest BCUT2D eigenvalue weighted by atomic mass is 79.9. The molecule has 0 bridgehead atoms. The number of aromatic nitrogens is 2. The average molecular weight is 506 g/mol. The number of hydrogen-bond donors (Lipinski definition) is 1. The van der Waals surface area contributed by atoms with Crippen molar-refractivity contribution >= 4 is 43.5 Å². The number of amides is 1. The van der Waals surface area contributed by atoms with Crippen molar-refractivity contribution in [2.24, 2.45) is 5.10 Å². The van der Waals surface area contributed by atoms with Gasteiger partial charge in [-0.2, -0.15) is 10.2 Å². The molecule has 0 spiro atoms. The number of nitrogens with zero attached hydrogens (tertiary/aromatic N) is 3. The van der Waals surface area contributed by atoms with Crippen LogP contribution in [0.25, 0.3) is 0 Å². The van der Waals surface area contributed by atoms with Gasteiger partial charge in [-0.25, -0.2) is 5.43 Å². The van der Waals surface area contributed by atoms with Crippen LogP contribution in [0.15, 0.2) is 68.8 Å². The lowest BCUT2D eigenvalue weighted by Gasteiger charge is -2.04. The number of benzene rings is 2. The van der Waals surface area contributed by atoms with Crippen molar-refractivity contribution in [3.05, 3.63) is 80.5 Å². The maximum Gasteiger partial charge on any atom is 0.293 e. The lowest BCUT2D eigenvalue weighted by molar-refractivity contribution is 0.0948. The molecule has 1 N–H and O–H groups in total. The van der Waals surface area contributed by atoms with Crippen LogP contribution in [-0.2, 0) is 6.54 Å². The van der Waals surface area contributed by atoms with Crippen molar-refractivity contribution in [1.82, 2.24) is 15.2 Å². The summed E-state index contributed by atoms with van der Waals surface area (Å²) in [6.45, 7) is 2.39. The largest absolute Gasteiger partial charge is 0.497 e. The SMILES string of the molecule is COc1ccc(/C(C)=N\NC(=O)c2nn(Cc3ccc(Br)cc3)cc2Br)cc1. The van der Waals surface area contributed by atoms with E-state index in [1.54, 1.807) is 18.0 Å². The first kappa shape index (κ1) is 20.3. The molecule has 6 nitrogen and oxygen atoms in total. The lowest BCUT2D eigenvalue weighted by Crippen LogP contribution is -2.20. The highest BCUT2D eigenvalue weighted by Gasteiger charge is 2.15. The van der Waals surface area contributed by atoms with Crippen molar-refractivity contribution in [3.63, 3.8) is 0 Å². The number of hydrazone groups is 1. The Bertz CT molecular complexity index is 996. The zero-order valence-corrected chi connectivity index (χ0v) is 18.5. The molecule has 0 saturated heterocycles. The van der Waals surface area contributed by atoms with Crippen LogP contribution in [0.2, 0.25) is 0 Å². The van der Waals surface area contributed by atoms with Gasteiger partial charge in [0.25, 0.3) is 5.91 Å². The molecule has 1 heterocycles. The van der Waals surface area contributed by atoms with E-state index in [4.69, 9.17) is 4.74 Å². The molecule has 8 heteroatoms. The predicted molar refractivity (Wildman–Crippen MR) is 116 cm³/mol. The molecule has 144 valence electrons. The quantitative estimate of drug-likeness (QED) is 0.392. The second-order valence-corrected chi connectivity index (χ2v) is 7.79. The Morgan fingerprint density at radius 3 is 2.46 bits per heavy atom. The van der Waals surface area contributed by atoms with Crippen molar-refractivity contribution in [2.45, 2.75) is 13.5 Å². The van der Waals surface area contributed by atoms with Gasteiger partial charge in [-0.15, -0.1) is 0 Å². The summed E-state index contributed by atoms with van der Waals surface area (Å²) in [7, 11) is 1.61. The van der Waals surface area contributed by atoms with E-state index in [0.29, 0.717) is 16.7 Å². The van der Waals surface area contributed by atoms with Gasteiger partial charge in [0.05, 0.1) is 23.8 Å². The van der Waals surface area contributed by atoms with Crippen molar-refractivity contribution < 1.29 is 9.53 Å². The lowest BCUT2D eigenvalue weighted by atomic mass is 10.1. The zero-order valence-electron chi connectivity index (χ0n) is 15.3. The van der Waals surface area contributed by atoms with Gasteiger partial charge in [0.15, 0.2) is 5.69 Å². The van der Waals surface area contributed by atoms with E-state index in [0.717, 1.165) is 21.3 Å². The second-order valence-electron chi connectivity index (χ2n) is 6.02. The molecule has 0 fully saturated rings. The number of hydrogen-bond acceptors (Lipinski definition) is 4. The molecular formula is C20H18Br2N4O2. The van der Waals surface area contributed by atoms with Gasteiger partial charge in [0.1, 0.15) is 5.75 Å². The molecule has 0 aliphatic carbocycles. The standard InChI is InChI=1S/C20H18Br2N4O2/c1-13(15-5-9-17(28-2)10-6-15)23-24-20(27)19-18(22)12-26(25-19)11-14-3-7-16(21)8-4-14/h3-10,12H,11H2,1-2H3,(H,24,27)/b23-13-. The Hall–Kier alpha value is -2.45. The van der Waals surface area contributed by atoms with E-state index < -0.39 is 0 Å². The van der Waals surface area contributed by atoms with E-state index in [1.807, 2.05) is 55.5 Å². The van der Waals surface area contributed by atoms with Crippen LogP contribution in [0.1, 0.15) is 28.5 Å². The molecule has 28 heavy (non-hydrogen) atoms. The van der Waals surface area contributed by atoms with E-state index in [-0.39, 0.29) is 11.6 Å². The summed E-state index contributed by atoms with van der Waals surface area (Å²) >= 11 is 6.81. The minimum Gasteiger partial charge on any atom is -0.497 e. The first-order valence-electron chi connectivity index (χ1n) is 8.42. The molecular weight excluding hydrogens is 488 g/mol. The van der Waals surface area contributed by atoms with E-state index in [9.17, 15) is 4.79 Å². The molecule has 1 aromatic heterocycles. The number of rotatable bonds is 6. The van der Waals surface area contributed by atoms with E-state index in [2.05, 4.69) is 47.5 Å². The predicted octanol–water partition coefficient (Wildman–Crippen LogP) is 4.62. The Balaban J connectivity index is 1.68. The van der Waals surface area contributed by atoms with Gasteiger partial charge in [0, 0.05) is 10.7 Å². The van der Waals surface area contributed by atoms with Crippen molar-refractivity contribution in [2.75, 3.05) is 7.11 Å². The van der Waals surface area contributed by atoms with E-state index in [1.165, 1.54) is 0 Å². The third-order valence-corrected chi connectivity index (χ3v) is 5.13. The zero-order chi connectivity index (χ0) is 20.1. The first-order valence-corrected chi connectivity index (χ1v) is 10.0. The molecule has 2 aromatic carbocycles. The van der Waals surface area contributed by atoms with Gasteiger partial charge in [-0.05, 0) is 70.4 Å². The number of methoxy groups -OCH3 is 1. The van der Waals surface area contributed by atoms with Crippen LogP contribution in [0.4, 0.5) is 0 Å². The van der Waals surface area contributed by atoms with Crippen LogP contribution >= 0.6 is 31.9 Å². The van der Waals surface area contributed by atoms with E-state index >= 15 is 0 Å². The third kappa shape index (κ3) is 5.08. The summed E-state index contributed by atoms with van der Waals surface area (Å²) in [4.78, 5) is 12.5. The number of carbonyl (C=O) groups is 1. The maximum atomic E-state index is 12.5. The Morgan fingerprint density at radius 2 is 1.82 bits per heavy atom. The monoisotopic (exact) mass is 504 g/mol. The number of nitrogens with one attached hydrogen (secondary N) is 1. The van der Waals surface area contributed by atoms with Crippen molar-refractivity contribution in [1.29, 1.82) is 0 Å². The Labute approximate surface area is 179 Å². The maximum absolute atomic E-state index is 12.5. The highest BCUT2D eigenvalue weighted by Crippen LogP contribution is 2.17. The van der Waals surface area contributed by atoms with Gasteiger partial charge >= 0.3 is 0 Å². The topological polar surface area (TPSA) is 68.5 Å². The minimum absolute atomic E-state index is 0.281. The number of carbonyl (C=O) groups excluding carboxylic acids is 1. The summed E-state index contributed by atoms with van der Waals surface area (Å²) in [5, 5.41) is 8.53.